The molecular formula is C17H20N2O4. The first-order chi connectivity index (χ1) is 11.1. The lowest BCUT2D eigenvalue weighted by Gasteiger charge is -2.25. The number of benzene rings is 1. The van der Waals surface area contributed by atoms with Gasteiger partial charge in [-0.2, -0.15) is 0 Å². The Kier molecular flexibility index (Phi) is 4.23. The molecule has 1 aliphatic heterocycles. The van der Waals surface area contributed by atoms with Gasteiger partial charge in [-0.1, -0.05) is 6.07 Å². The molecule has 0 bridgehead atoms. The SMILES string of the molecule is COc1ccc2c(c1)OC[C@H](CNC(=O)c1oc(C)nc1C)C2. The first-order valence-corrected chi connectivity index (χ1v) is 7.58. The van der Waals surface area contributed by atoms with E-state index in [9.17, 15) is 4.79 Å². The molecule has 122 valence electrons. The van der Waals surface area contributed by atoms with Gasteiger partial charge in [0.1, 0.15) is 11.5 Å². The minimum Gasteiger partial charge on any atom is -0.497 e. The summed E-state index contributed by atoms with van der Waals surface area (Å²) in [4.78, 5) is 16.3. The zero-order valence-corrected chi connectivity index (χ0v) is 13.5. The van der Waals surface area contributed by atoms with Crippen molar-refractivity contribution in [3.05, 3.63) is 41.1 Å². The molecule has 6 nitrogen and oxygen atoms in total. The van der Waals surface area contributed by atoms with Crippen LogP contribution in [-0.4, -0.2) is 31.2 Å². The van der Waals surface area contributed by atoms with Crippen molar-refractivity contribution in [2.75, 3.05) is 20.3 Å². The predicted octanol–water partition coefficient (Wildman–Crippen LogP) is 2.28. The van der Waals surface area contributed by atoms with E-state index in [1.807, 2.05) is 18.2 Å². The lowest BCUT2D eigenvalue weighted by atomic mass is 9.96. The van der Waals surface area contributed by atoms with Crippen LogP contribution in [0.25, 0.3) is 0 Å². The van der Waals surface area contributed by atoms with Crippen molar-refractivity contribution >= 4 is 5.91 Å². The highest BCUT2D eigenvalue weighted by Gasteiger charge is 2.22. The standard InChI is InChI=1S/C17H20N2O4/c1-10-16(23-11(2)19-10)17(20)18-8-12-6-13-4-5-14(21-3)7-15(13)22-9-12/h4-5,7,12H,6,8-9H2,1-3H3,(H,18,20)/t12-/m0/s1. The third kappa shape index (κ3) is 3.31. The second-order valence-electron chi connectivity index (χ2n) is 5.71. The van der Waals surface area contributed by atoms with Gasteiger partial charge in [0.25, 0.3) is 5.91 Å². The van der Waals surface area contributed by atoms with Gasteiger partial charge in [-0.3, -0.25) is 4.79 Å². The number of ether oxygens (including phenoxy) is 2. The van der Waals surface area contributed by atoms with E-state index in [1.165, 1.54) is 0 Å². The molecule has 2 heterocycles. The average Bonchev–Trinajstić information content (AvgIpc) is 2.90. The van der Waals surface area contributed by atoms with Crippen LogP contribution in [0.4, 0.5) is 0 Å². The van der Waals surface area contributed by atoms with E-state index in [1.54, 1.807) is 21.0 Å². The number of amides is 1. The molecule has 0 saturated carbocycles. The number of nitrogens with zero attached hydrogens (tertiary/aromatic N) is 1. The summed E-state index contributed by atoms with van der Waals surface area (Å²) in [7, 11) is 1.64. The molecule has 1 aliphatic rings. The number of carbonyl (C=O) groups excluding carboxylic acids is 1. The van der Waals surface area contributed by atoms with Gasteiger partial charge in [-0.05, 0) is 25.0 Å². The van der Waals surface area contributed by atoms with Crippen LogP contribution in [0.3, 0.4) is 0 Å². The van der Waals surface area contributed by atoms with Crippen LogP contribution in [0.15, 0.2) is 22.6 Å². The fourth-order valence-electron chi connectivity index (χ4n) is 2.73. The van der Waals surface area contributed by atoms with Gasteiger partial charge < -0.3 is 19.2 Å². The van der Waals surface area contributed by atoms with Crippen molar-refractivity contribution < 1.29 is 18.7 Å². The Labute approximate surface area is 134 Å². The Hall–Kier alpha value is -2.50. The number of aryl methyl sites for hydroxylation is 2. The van der Waals surface area contributed by atoms with Crippen LogP contribution in [-0.2, 0) is 6.42 Å². The Morgan fingerprint density at radius 1 is 1.43 bits per heavy atom. The highest BCUT2D eigenvalue weighted by molar-refractivity contribution is 5.92. The highest BCUT2D eigenvalue weighted by atomic mass is 16.5. The van der Waals surface area contributed by atoms with E-state index in [2.05, 4.69) is 10.3 Å². The van der Waals surface area contributed by atoms with Crippen LogP contribution in [0.5, 0.6) is 11.5 Å². The van der Waals surface area contributed by atoms with Crippen LogP contribution >= 0.6 is 0 Å². The Morgan fingerprint density at radius 2 is 2.26 bits per heavy atom. The number of nitrogens with one attached hydrogen (secondary N) is 1. The van der Waals surface area contributed by atoms with Crippen LogP contribution in [0.1, 0.15) is 27.7 Å². The van der Waals surface area contributed by atoms with Crippen molar-refractivity contribution in [1.82, 2.24) is 10.3 Å². The van der Waals surface area contributed by atoms with Gasteiger partial charge in [0.15, 0.2) is 5.89 Å². The van der Waals surface area contributed by atoms with Crippen molar-refractivity contribution in [1.29, 1.82) is 0 Å². The number of methoxy groups -OCH3 is 1. The van der Waals surface area contributed by atoms with Crippen molar-refractivity contribution in [2.24, 2.45) is 5.92 Å². The molecule has 0 unspecified atom stereocenters. The summed E-state index contributed by atoms with van der Waals surface area (Å²) in [6.07, 6.45) is 0.855. The summed E-state index contributed by atoms with van der Waals surface area (Å²) in [5.41, 5.74) is 1.74. The van der Waals surface area contributed by atoms with Gasteiger partial charge in [0, 0.05) is 25.5 Å². The molecule has 0 aliphatic carbocycles. The first-order valence-electron chi connectivity index (χ1n) is 7.58. The predicted molar refractivity (Wildman–Crippen MR) is 84.0 cm³/mol. The van der Waals surface area contributed by atoms with Gasteiger partial charge in [-0.15, -0.1) is 0 Å². The summed E-state index contributed by atoms with van der Waals surface area (Å²) in [5.74, 6) is 2.41. The van der Waals surface area contributed by atoms with Crippen molar-refractivity contribution in [2.45, 2.75) is 20.3 Å². The monoisotopic (exact) mass is 316 g/mol. The zero-order valence-electron chi connectivity index (χ0n) is 13.5. The van der Waals surface area contributed by atoms with Gasteiger partial charge in [0.2, 0.25) is 5.76 Å². The molecule has 1 aromatic carbocycles. The van der Waals surface area contributed by atoms with Crippen LogP contribution < -0.4 is 14.8 Å². The van der Waals surface area contributed by atoms with Crippen molar-refractivity contribution in [3.63, 3.8) is 0 Å². The van der Waals surface area contributed by atoms with Gasteiger partial charge >= 0.3 is 0 Å². The Balaban J connectivity index is 1.59. The molecular weight excluding hydrogens is 296 g/mol. The summed E-state index contributed by atoms with van der Waals surface area (Å²) in [6, 6.07) is 5.82. The molecule has 1 aromatic heterocycles. The number of rotatable bonds is 4. The van der Waals surface area contributed by atoms with Gasteiger partial charge in [0.05, 0.1) is 19.4 Å². The number of fused-ring (bicyclic) bond motifs is 1. The lowest BCUT2D eigenvalue weighted by Crippen LogP contribution is -2.34. The average molecular weight is 316 g/mol. The summed E-state index contributed by atoms with van der Waals surface area (Å²) >= 11 is 0. The summed E-state index contributed by atoms with van der Waals surface area (Å²) in [5, 5.41) is 2.90. The molecule has 0 spiro atoms. The number of carbonyl (C=O) groups is 1. The maximum Gasteiger partial charge on any atom is 0.289 e. The van der Waals surface area contributed by atoms with E-state index in [0.29, 0.717) is 24.7 Å². The molecule has 0 radical (unpaired) electrons. The molecule has 6 heteroatoms. The minimum atomic E-state index is -0.233. The largest absolute Gasteiger partial charge is 0.497 e. The molecule has 23 heavy (non-hydrogen) atoms. The first kappa shape index (κ1) is 15.4. The third-order valence-electron chi connectivity index (χ3n) is 3.92. The molecule has 3 rings (SSSR count). The van der Waals surface area contributed by atoms with E-state index in [4.69, 9.17) is 13.9 Å². The second kappa shape index (κ2) is 6.32. The van der Waals surface area contributed by atoms with Crippen molar-refractivity contribution in [3.8, 4) is 11.5 Å². The quantitative estimate of drug-likeness (QED) is 0.937. The summed E-state index contributed by atoms with van der Waals surface area (Å²) in [6.45, 7) is 4.58. The highest BCUT2D eigenvalue weighted by Crippen LogP contribution is 2.30. The molecule has 1 amide bonds. The van der Waals surface area contributed by atoms with E-state index in [0.717, 1.165) is 23.5 Å². The fraction of sp³-hybridized carbons (Fsp3) is 0.412. The lowest BCUT2D eigenvalue weighted by molar-refractivity contribution is 0.0909. The number of oxazole rings is 1. The van der Waals surface area contributed by atoms with E-state index in [-0.39, 0.29) is 17.6 Å². The second-order valence-corrected chi connectivity index (χ2v) is 5.71. The van der Waals surface area contributed by atoms with Gasteiger partial charge in [-0.25, -0.2) is 4.98 Å². The van der Waals surface area contributed by atoms with E-state index < -0.39 is 0 Å². The van der Waals surface area contributed by atoms with Crippen LogP contribution in [0.2, 0.25) is 0 Å². The normalized spacial score (nSPS) is 16.4. The number of hydrogen-bond donors (Lipinski definition) is 1. The fourth-order valence-corrected chi connectivity index (χ4v) is 2.73. The van der Waals surface area contributed by atoms with Crippen LogP contribution in [0, 0.1) is 19.8 Å². The molecule has 0 fully saturated rings. The number of aromatic nitrogens is 1. The Bertz CT molecular complexity index is 723. The third-order valence-corrected chi connectivity index (χ3v) is 3.92. The van der Waals surface area contributed by atoms with E-state index >= 15 is 0 Å². The maximum absolute atomic E-state index is 12.1. The molecule has 2 aromatic rings. The summed E-state index contributed by atoms with van der Waals surface area (Å²) < 4.78 is 16.3. The smallest absolute Gasteiger partial charge is 0.289 e. The minimum absolute atomic E-state index is 0.226. The zero-order chi connectivity index (χ0) is 16.4. The Morgan fingerprint density at radius 3 is 2.96 bits per heavy atom. The topological polar surface area (TPSA) is 73.6 Å². The molecule has 1 N–H and O–H groups in total. The number of hydrogen-bond acceptors (Lipinski definition) is 5. The maximum atomic E-state index is 12.1. The molecule has 0 saturated heterocycles. The molecule has 1 atom stereocenters.